The molecular weight excluding hydrogens is 234 g/mol. The Hall–Kier alpha value is -1.33. The first-order valence-electron chi connectivity index (χ1n) is 5.49. The molecule has 5 heteroatoms. The van der Waals surface area contributed by atoms with Crippen molar-refractivity contribution < 1.29 is 5.11 Å². The average molecular weight is 249 g/mol. The van der Waals surface area contributed by atoms with E-state index in [4.69, 9.17) is 0 Å². The van der Waals surface area contributed by atoms with E-state index in [-0.39, 0.29) is 0 Å². The molecule has 0 saturated carbocycles. The summed E-state index contributed by atoms with van der Waals surface area (Å²) in [5, 5.41) is 13.7. The van der Waals surface area contributed by atoms with Crippen molar-refractivity contribution >= 4 is 11.8 Å². The summed E-state index contributed by atoms with van der Waals surface area (Å²) in [6.07, 6.45) is 5.78. The molecule has 90 valence electrons. The molecule has 2 rings (SSSR count). The fourth-order valence-corrected chi connectivity index (χ4v) is 2.26. The number of pyridine rings is 1. The molecule has 0 fully saturated rings. The summed E-state index contributed by atoms with van der Waals surface area (Å²) in [6, 6.07) is 3.84. The summed E-state index contributed by atoms with van der Waals surface area (Å²) in [7, 11) is 1.89. The Kier molecular flexibility index (Phi) is 3.81. The second-order valence-corrected chi connectivity index (χ2v) is 4.94. The highest BCUT2D eigenvalue weighted by molar-refractivity contribution is 7.99. The number of nitrogens with zero attached hydrogens (tertiary/aromatic N) is 3. The zero-order valence-corrected chi connectivity index (χ0v) is 10.7. The molecule has 1 atom stereocenters. The maximum Gasteiger partial charge on any atom is 0.0957 e. The quantitative estimate of drug-likeness (QED) is 0.904. The van der Waals surface area contributed by atoms with E-state index < -0.39 is 6.10 Å². The number of aliphatic hydroxyl groups excluding tert-OH is 1. The van der Waals surface area contributed by atoms with E-state index in [0.717, 1.165) is 15.5 Å². The van der Waals surface area contributed by atoms with Crippen LogP contribution in [0.25, 0.3) is 0 Å². The van der Waals surface area contributed by atoms with E-state index in [0.29, 0.717) is 6.42 Å². The van der Waals surface area contributed by atoms with Gasteiger partial charge in [0.1, 0.15) is 0 Å². The highest BCUT2D eigenvalue weighted by Crippen LogP contribution is 2.27. The average Bonchev–Trinajstić information content (AvgIpc) is 2.75. The minimum atomic E-state index is -0.465. The zero-order valence-electron chi connectivity index (χ0n) is 9.87. The van der Waals surface area contributed by atoms with Crippen LogP contribution in [-0.2, 0) is 7.05 Å². The van der Waals surface area contributed by atoms with Crippen molar-refractivity contribution in [3.63, 3.8) is 0 Å². The predicted molar refractivity (Wildman–Crippen MR) is 66.8 cm³/mol. The van der Waals surface area contributed by atoms with E-state index in [1.54, 1.807) is 22.6 Å². The van der Waals surface area contributed by atoms with Gasteiger partial charge in [-0.05, 0) is 18.6 Å². The largest absolute Gasteiger partial charge is 0.387 e. The number of aromatic nitrogens is 3. The van der Waals surface area contributed by atoms with Crippen LogP contribution in [0.4, 0.5) is 0 Å². The summed E-state index contributed by atoms with van der Waals surface area (Å²) in [5.74, 6) is 0. The topological polar surface area (TPSA) is 50.9 Å². The van der Waals surface area contributed by atoms with Crippen LogP contribution >= 0.6 is 11.8 Å². The first-order valence-corrected chi connectivity index (χ1v) is 6.31. The van der Waals surface area contributed by atoms with Crippen molar-refractivity contribution in [1.82, 2.24) is 14.8 Å². The Labute approximate surface area is 105 Å². The molecule has 0 saturated heterocycles. The maximum absolute atomic E-state index is 9.63. The predicted octanol–water partition coefficient (Wildman–Crippen LogP) is 2.41. The van der Waals surface area contributed by atoms with Gasteiger partial charge in [-0.2, -0.15) is 5.10 Å². The van der Waals surface area contributed by atoms with Crippen LogP contribution in [0.1, 0.15) is 25.1 Å². The van der Waals surface area contributed by atoms with Gasteiger partial charge in [-0.25, -0.2) is 0 Å². The molecule has 0 aliphatic heterocycles. The van der Waals surface area contributed by atoms with Crippen molar-refractivity contribution in [2.45, 2.75) is 29.2 Å². The summed E-state index contributed by atoms with van der Waals surface area (Å²) in [6.45, 7) is 1.94. The molecule has 0 bridgehead atoms. The molecule has 0 radical (unpaired) electrons. The molecular formula is C12H15N3OS. The minimum absolute atomic E-state index is 0.465. The van der Waals surface area contributed by atoms with E-state index >= 15 is 0 Å². The third kappa shape index (κ3) is 3.08. The summed E-state index contributed by atoms with van der Waals surface area (Å²) in [4.78, 5) is 6.38. The van der Waals surface area contributed by atoms with Gasteiger partial charge in [0.2, 0.25) is 0 Å². The Morgan fingerprint density at radius 2 is 2.18 bits per heavy atom. The number of aryl methyl sites for hydroxylation is 1. The molecule has 0 aromatic carbocycles. The van der Waals surface area contributed by atoms with Crippen LogP contribution in [-0.4, -0.2) is 19.9 Å². The Morgan fingerprint density at radius 1 is 1.35 bits per heavy atom. The van der Waals surface area contributed by atoms with Gasteiger partial charge in [0.05, 0.1) is 22.9 Å². The highest BCUT2D eigenvalue weighted by atomic mass is 32.2. The number of rotatable bonds is 4. The lowest BCUT2D eigenvalue weighted by Gasteiger charge is -2.07. The van der Waals surface area contributed by atoms with Crippen molar-refractivity contribution in [3.8, 4) is 0 Å². The molecule has 2 heterocycles. The van der Waals surface area contributed by atoms with Crippen LogP contribution in [0.5, 0.6) is 0 Å². The Morgan fingerprint density at radius 3 is 2.71 bits per heavy atom. The smallest absolute Gasteiger partial charge is 0.0957 e. The van der Waals surface area contributed by atoms with Gasteiger partial charge in [0.25, 0.3) is 0 Å². The first-order chi connectivity index (χ1) is 8.19. The van der Waals surface area contributed by atoms with Crippen LogP contribution < -0.4 is 0 Å². The minimum Gasteiger partial charge on any atom is -0.387 e. The summed E-state index contributed by atoms with van der Waals surface area (Å²) < 4.78 is 1.77. The molecule has 4 nitrogen and oxygen atoms in total. The van der Waals surface area contributed by atoms with Gasteiger partial charge in [-0.1, -0.05) is 18.7 Å². The van der Waals surface area contributed by atoms with Crippen LogP contribution in [0.15, 0.2) is 40.5 Å². The molecule has 0 aliphatic rings. The van der Waals surface area contributed by atoms with Crippen molar-refractivity contribution in [3.05, 3.63) is 36.4 Å². The van der Waals surface area contributed by atoms with Gasteiger partial charge >= 0.3 is 0 Å². The van der Waals surface area contributed by atoms with E-state index in [1.807, 2.05) is 38.5 Å². The molecule has 2 aromatic heterocycles. The van der Waals surface area contributed by atoms with Crippen LogP contribution in [0.3, 0.4) is 0 Å². The second kappa shape index (κ2) is 5.33. The van der Waals surface area contributed by atoms with Gasteiger partial charge in [-0.15, -0.1) is 0 Å². The van der Waals surface area contributed by atoms with E-state index in [1.165, 1.54) is 0 Å². The lowest BCUT2D eigenvalue weighted by atomic mass is 10.2. The van der Waals surface area contributed by atoms with Gasteiger partial charge in [-0.3, -0.25) is 9.67 Å². The van der Waals surface area contributed by atoms with Crippen molar-refractivity contribution in [2.24, 2.45) is 7.05 Å². The fourth-order valence-electron chi connectivity index (χ4n) is 1.45. The van der Waals surface area contributed by atoms with Crippen molar-refractivity contribution in [2.75, 3.05) is 0 Å². The van der Waals surface area contributed by atoms with Gasteiger partial charge in [0.15, 0.2) is 0 Å². The van der Waals surface area contributed by atoms with Crippen LogP contribution in [0.2, 0.25) is 0 Å². The number of hydrogen-bond donors (Lipinski definition) is 1. The highest BCUT2D eigenvalue weighted by Gasteiger charge is 2.06. The third-order valence-corrected chi connectivity index (χ3v) is 3.33. The molecule has 0 aliphatic carbocycles. The molecule has 0 spiro atoms. The van der Waals surface area contributed by atoms with Crippen molar-refractivity contribution in [1.29, 1.82) is 0 Å². The first kappa shape index (κ1) is 12.1. The van der Waals surface area contributed by atoms with Gasteiger partial charge in [0, 0.05) is 24.3 Å². The standard InChI is InChI=1S/C12H15N3OS/c1-3-12(16)11-5-4-9(6-13-11)17-10-7-14-15(2)8-10/h4-8,12,16H,3H2,1-2H3/t12-/m0/s1. The van der Waals surface area contributed by atoms with Crippen LogP contribution in [0, 0.1) is 0 Å². The van der Waals surface area contributed by atoms with E-state index in [2.05, 4.69) is 10.1 Å². The Balaban J connectivity index is 2.08. The van der Waals surface area contributed by atoms with E-state index in [9.17, 15) is 5.11 Å². The normalized spacial score (nSPS) is 12.6. The monoisotopic (exact) mass is 249 g/mol. The second-order valence-electron chi connectivity index (χ2n) is 3.79. The molecule has 2 aromatic rings. The third-order valence-electron chi connectivity index (χ3n) is 2.40. The SMILES string of the molecule is CC[C@H](O)c1ccc(Sc2cnn(C)c2)cn1. The molecule has 0 unspecified atom stereocenters. The summed E-state index contributed by atoms with van der Waals surface area (Å²) in [5.41, 5.74) is 0.725. The lowest BCUT2D eigenvalue weighted by Crippen LogP contribution is -1.97. The Bertz CT molecular complexity index is 481. The number of aliphatic hydroxyl groups is 1. The zero-order chi connectivity index (χ0) is 12.3. The maximum atomic E-state index is 9.63. The van der Waals surface area contributed by atoms with Gasteiger partial charge < -0.3 is 5.11 Å². The number of hydrogen-bond acceptors (Lipinski definition) is 4. The molecule has 17 heavy (non-hydrogen) atoms. The lowest BCUT2D eigenvalue weighted by molar-refractivity contribution is 0.169. The molecule has 0 amide bonds. The molecule has 1 N–H and O–H groups in total. The summed E-state index contributed by atoms with van der Waals surface area (Å²) >= 11 is 1.61. The fraction of sp³-hybridized carbons (Fsp3) is 0.333.